The molecule has 16 heavy (non-hydrogen) atoms. The second kappa shape index (κ2) is 6.48. The summed E-state index contributed by atoms with van der Waals surface area (Å²) in [5, 5.41) is 2.52. The lowest BCUT2D eigenvalue weighted by Gasteiger charge is -2.30. The maximum absolute atomic E-state index is 12.0. The second-order valence-corrected chi connectivity index (χ2v) is 4.27. The molecule has 0 radical (unpaired) electrons. The molecule has 0 bridgehead atoms. The van der Waals surface area contributed by atoms with Gasteiger partial charge in [-0.1, -0.05) is 6.92 Å². The fourth-order valence-corrected chi connectivity index (χ4v) is 1.34. The molecule has 0 aliphatic rings. The molecule has 0 saturated carbocycles. The number of hydrogen-bond acceptors (Lipinski definition) is 3. The minimum Gasteiger partial charge on any atom is -0.359 e. The average molecular weight is 229 g/mol. The van der Waals surface area contributed by atoms with Crippen LogP contribution in [0.3, 0.4) is 0 Å². The Balaban J connectivity index is 4.33. The Morgan fingerprint density at radius 3 is 2.38 bits per heavy atom. The minimum atomic E-state index is -0.516. The second-order valence-electron chi connectivity index (χ2n) is 4.27. The van der Waals surface area contributed by atoms with Crippen molar-refractivity contribution in [3.05, 3.63) is 0 Å². The molecule has 5 nitrogen and oxygen atoms in total. The van der Waals surface area contributed by atoms with Crippen molar-refractivity contribution < 1.29 is 9.59 Å². The van der Waals surface area contributed by atoms with E-state index in [-0.39, 0.29) is 11.8 Å². The van der Waals surface area contributed by atoms with Crippen molar-refractivity contribution in [2.75, 3.05) is 27.2 Å². The first-order valence-corrected chi connectivity index (χ1v) is 5.57. The number of nitrogens with zero attached hydrogens (tertiary/aromatic N) is 1. The Kier molecular flexibility index (Phi) is 6.03. The smallest absolute Gasteiger partial charge is 0.229 e. The Morgan fingerprint density at radius 2 is 2.00 bits per heavy atom. The van der Waals surface area contributed by atoms with Crippen LogP contribution < -0.4 is 11.1 Å². The molecule has 0 rings (SSSR count). The van der Waals surface area contributed by atoms with Gasteiger partial charge in [-0.2, -0.15) is 0 Å². The standard InChI is InChI=1S/C11H23N3O2/c1-5-11(2,8-12)10(16)14(4)7-6-9(15)13-3/h5-8,12H2,1-4H3,(H,13,15). The summed E-state index contributed by atoms with van der Waals surface area (Å²) in [4.78, 5) is 24.7. The highest BCUT2D eigenvalue weighted by Gasteiger charge is 2.32. The van der Waals surface area contributed by atoms with Crippen LogP contribution in [-0.4, -0.2) is 43.9 Å². The van der Waals surface area contributed by atoms with E-state index in [2.05, 4.69) is 5.32 Å². The SMILES string of the molecule is CCC(C)(CN)C(=O)N(C)CCC(=O)NC. The van der Waals surface area contributed by atoms with Gasteiger partial charge >= 0.3 is 0 Å². The van der Waals surface area contributed by atoms with Crippen LogP contribution in [0.25, 0.3) is 0 Å². The molecule has 94 valence electrons. The van der Waals surface area contributed by atoms with Crippen molar-refractivity contribution in [3.8, 4) is 0 Å². The summed E-state index contributed by atoms with van der Waals surface area (Å²) in [7, 11) is 3.29. The quantitative estimate of drug-likeness (QED) is 0.671. The van der Waals surface area contributed by atoms with Gasteiger partial charge in [-0.3, -0.25) is 9.59 Å². The molecule has 0 aromatic heterocycles. The van der Waals surface area contributed by atoms with E-state index in [1.165, 1.54) is 0 Å². The number of amides is 2. The van der Waals surface area contributed by atoms with Gasteiger partial charge in [0.2, 0.25) is 11.8 Å². The summed E-state index contributed by atoms with van der Waals surface area (Å²) < 4.78 is 0. The summed E-state index contributed by atoms with van der Waals surface area (Å²) in [6.07, 6.45) is 1.02. The molecule has 0 aliphatic carbocycles. The maximum Gasteiger partial charge on any atom is 0.229 e. The Labute approximate surface area is 97.4 Å². The number of carbonyl (C=O) groups is 2. The third-order valence-corrected chi connectivity index (χ3v) is 3.05. The molecule has 1 unspecified atom stereocenters. The molecule has 5 heteroatoms. The lowest BCUT2D eigenvalue weighted by molar-refractivity contribution is -0.139. The van der Waals surface area contributed by atoms with Crippen molar-refractivity contribution in [2.45, 2.75) is 26.7 Å². The maximum atomic E-state index is 12.0. The summed E-state index contributed by atoms with van der Waals surface area (Å²) in [6.45, 7) is 4.55. The molecule has 0 aromatic carbocycles. The van der Waals surface area contributed by atoms with Crippen molar-refractivity contribution >= 4 is 11.8 Å². The highest BCUT2D eigenvalue weighted by atomic mass is 16.2. The molecular weight excluding hydrogens is 206 g/mol. The van der Waals surface area contributed by atoms with E-state index in [0.717, 1.165) is 0 Å². The van der Waals surface area contributed by atoms with Crippen molar-refractivity contribution in [2.24, 2.45) is 11.1 Å². The van der Waals surface area contributed by atoms with Gasteiger partial charge in [-0.15, -0.1) is 0 Å². The van der Waals surface area contributed by atoms with Crippen LogP contribution in [-0.2, 0) is 9.59 Å². The molecule has 0 heterocycles. The third-order valence-electron chi connectivity index (χ3n) is 3.05. The Morgan fingerprint density at radius 1 is 1.44 bits per heavy atom. The van der Waals surface area contributed by atoms with Gasteiger partial charge in [0.25, 0.3) is 0 Å². The Bertz CT molecular complexity index is 250. The topological polar surface area (TPSA) is 75.4 Å². The lowest BCUT2D eigenvalue weighted by Crippen LogP contribution is -2.45. The largest absolute Gasteiger partial charge is 0.359 e. The van der Waals surface area contributed by atoms with Gasteiger partial charge in [-0.05, 0) is 13.3 Å². The molecule has 0 aromatic rings. The predicted octanol–water partition coefficient (Wildman–Crippen LogP) is -0.0441. The van der Waals surface area contributed by atoms with Crippen LogP contribution in [0, 0.1) is 5.41 Å². The third kappa shape index (κ3) is 3.81. The molecule has 1 atom stereocenters. The molecule has 3 N–H and O–H groups in total. The highest BCUT2D eigenvalue weighted by Crippen LogP contribution is 2.21. The fraction of sp³-hybridized carbons (Fsp3) is 0.818. The first kappa shape index (κ1) is 14.9. The normalized spacial score (nSPS) is 14.1. The molecule has 0 fully saturated rings. The summed E-state index contributed by atoms with van der Waals surface area (Å²) in [5.41, 5.74) is 5.10. The molecular formula is C11H23N3O2. The van der Waals surface area contributed by atoms with Crippen LogP contribution in [0.4, 0.5) is 0 Å². The van der Waals surface area contributed by atoms with E-state index in [4.69, 9.17) is 5.73 Å². The van der Waals surface area contributed by atoms with E-state index in [9.17, 15) is 9.59 Å². The number of rotatable bonds is 6. The number of nitrogens with two attached hydrogens (primary N) is 1. The first-order chi connectivity index (χ1) is 7.41. The Hall–Kier alpha value is -1.10. The summed E-state index contributed by atoms with van der Waals surface area (Å²) in [5.74, 6) is -0.0630. The van der Waals surface area contributed by atoms with E-state index < -0.39 is 5.41 Å². The van der Waals surface area contributed by atoms with Gasteiger partial charge in [0, 0.05) is 33.6 Å². The molecule has 0 saturated heterocycles. The van der Waals surface area contributed by atoms with Crippen LogP contribution in [0.1, 0.15) is 26.7 Å². The van der Waals surface area contributed by atoms with E-state index in [1.807, 2.05) is 13.8 Å². The van der Waals surface area contributed by atoms with Crippen LogP contribution in [0.15, 0.2) is 0 Å². The average Bonchev–Trinajstić information content (AvgIpc) is 2.33. The van der Waals surface area contributed by atoms with Crippen LogP contribution >= 0.6 is 0 Å². The number of hydrogen-bond donors (Lipinski definition) is 2. The van der Waals surface area contributed by atoms with Gasteiger partial charge in [-0.25, -0.2) is 0 Å². The number of carbonyl (C=O) groups excluding carboxylic acids is 2. The molecule has 0 aliphatic heterocycles. The first-order valence-electron chi connectivity index (χ1n) is 5.57. The van der Waals surface area contributed by atoms with E-state index in [0.29, 0.717) is 25.9 Å². The summed E-state index contributed by atoms with van der Waals surface area (Å²) in [6, 6.07) is 0. The fourth-order valence-electron chi connectivity index (χ4n) is 1.34. The van der Waals surface area contributed by atoms with Crippen LogP contribution in [0.2, 0.25) is 0 Å². The minimum absolute atomic E-state index is 0.00130. The van der Waals surface area contributed by atoms with Crippen molar-refractivity contribution in [3.63, 3.8) is 0 Å². The lowest BCUT2D eigenvalue weighted by atomic mass is 9.86. The summed E-state index contributed by atoms with van der Waals surface area (Å²) >= 11 is 0. The van der Waals surface area contributed by atoms with Gasteiger partial charge < -0.3 is 16.0 Å². The molecule has 2 amide bonds. The van der Waals surface area contributed by atoms with Crippen molar-refractivity contribution in [1.29, 1.82) is 0 Å². The zero-order valence-electron chi connectivity index (χ0n) is 10.7. The highest BCUT2D eigenvalue weighted by molar-refractivity contribution is 5.83. The van der Waals surface area contributed by atoms with Crippen LogP contribution in [0.5, 0.6) is 0 Å². The zero-order chi connectivity index (χ0) is 12.8. The van der Waals surface area contributed by atoms with E-state index >= 15 is 0 Å². The van der Waals surface area contributed by atoms with Crippen molar-refractivity contribution in [1.82, 2.24) is 10.2 Å². The molecule has 0 spiro atoms. The van der Waals surface area contributed by atoms with E-state index in [1.54, 1.807) is 19.0 Å². The predicted molar refractivity (Wildman–Crippen MR) is 63.8 cm³/mol. The zero-order valence-corrected chi connectivity index (χ0v) is 10.7. The number of nitrogens with one attached hydrogen (secondary N) is 1. The van der Waals surface area contributed by atoms with Gasteiger partial charge in [0.1, 0.15) is 0 Å². The van der Waals surface area contributed by atoms with Gasteiger partial charge in [0.05, 0.1) is 5.41 Å². The van der Waals surface area contributed by atoms with Gasteiger partial charge in [0.15, 0.2) is 0 Å². The monoisotopic (exact) mass is 229 g/mol.